The molecule has 5 N–H and O–H groups in total. The van der Waals surface area contributed by atoms with Gasteiger partial charge in [0.05, 0.1) is 23.1 Å². The molecular weight excluding hydrogens is 481 g/mol. The minimum absolute atomic E-state index is 0.0264. The molecule has 1 saturated carbocycles. The molecule has 194 valence electrons. The Kier molecular flexibility index (Phi) is 6.26. The number of hydrogen-bond acceptors (Lipinski definition) is 8. The first-order valence-corrected chi connectivity index (χ1v) is 12.2. The molecule has 0 amide bonds. The third kappa shape index (κ3) is 5.36. The van der Waals surface area contributed by atoms with Crippen molar-refractivity contribution in [2.45, 2.75) is 50.2 Å². The highest BCUT2D eigenvalue weighted by Crippen LogP contribution is 2.42. The highest BCUT2D eigenvalue weighted by molar-refractivity contribution is 5.82. The van der Waals surface area contributed by atoms with Crippen molar-refractivity contribution in [1.82, 2.24) is 19.9 Å². The van der Waals surface area contributed by atoms with E-state index in [1.165, 1.54) is 12.3 Å². The molecule has 0 unspecified atom stereocenters. The van der Waals surface area contributed by atoms with Crippen LogP contribution in [0.1, 0.15) is 55.5 Å². The molecule has 0 radical (unpaired) electrons. The quantitative estimate of drug-likeness (QED) is 0.432. The molecule has 2 aliphatic rings. The van der Waals surface area contributed by atoms with Crippen LogP contribution in [0.3, 0.4) is 0 Å². The molecular formula is C26H29F3N8. The number of piperidine rings is 1. The number of nitrogens with zero attached hydrogens (tertiary/aromatic N) is 5. The van der Waals surface area contributed by atoms with E-state index in [4.69, 9.17) is 11.5 Å². The standard InChI is InChI=1S/C26H29F3N8/c1-15(34-24-20(4-3-11-32-24)37-12-9-25(2,31)10-13-37)21-23(30)33-14-19(36-21)22-17(26(27,28)29)7-8-18(35-22)16-5-6-16/h3-4,7-8,11,14,16H,1,5-6,9-10,12-13,31H2,2H3,(H2,30,33)(H,32,34). The number of hydrogen-bond donors (Lipinski definition) is 3. The van der Waals surface area contributed by atoms with Gasteiger partial charge in [-0.25, -0.2) is 15.0 Å². The van der Waals surface area contributed by atoms with Gasteiger partial charge in [0, 0.05) is 36.4 Å². The van der Waals surface area contributed by atoms with Gasteiger partial charge in [-0.3, -0.25) is 4.98 Å². The lowest BCUT2D eigenvalue weighted by molar-refractivity contribution is -0.137. The van der Waals surface area contributed by atoms with Crippen molar-refractivity contribution >= 4 is 23.0 Å². The first-order valence-electron chi connectivity index (χ1n) is 12.2. The van der Waals surface area contributed by atoms with Crippen molar-refractivity contribution in [2.75, 3.05) is 29.0 Å². The van der Waals surface area contributed by atoms with Gasteiger partial charge in [0.2, 0.25) is 0 Å². The van der Waals surface area contributed by atoms with E-state index in [0.29, 0.717) is 11.5 Å². The second kappa shape index (κ2) is 9.29. The predicted molar refractivity (Wildman–Crippen MR) is 138 cm³/mol. The van der Waals surface area contributed by atoms with Crippen LogP contribution < -0.4 is 21.7 Å². The van der Waals surface area contributed by atoms with Crippen molar-refractivity contribution in [3.8, 4) is 11.4 Å². The third-order valence-corrected chi connectivity index (χ3v) is 6.85. The summed E-state index contributed by atoms with van der Waals surface area (Å²) in [6, 6.07) is 6.28. The van der Waals surface area contributed by atoms with Crippen LogP contribution in [0, 0.1) is 0 Å². The largest absolute Gasteiger partial charge is 0.418 e. The Morgan fingerprint density at radius 2 is 1.86 bits per heavy atom. The monoisotopic (exact) mass is 510 g/mol. The molecule has 37 heavy (non-hydrogen) atoms. The summed E-state index contributed by atoms with van der Waals surface area (Å²) in [6.07, 6.45) is 1.74. The zero-order chi connectivity index (χ0) is 26.4. The van der Waals surface area contributed by atoms with Crippen LogP contribution >= 0.6 is 0 Å². The fraction of sp³-hybridized carbons (Fsp3) is 0.385. The fourth-order valence-corrected chi connectivity index (χ4v) is 4.45. The molecule has 4 heterocycles. The van der Waals surface area contributed by atoms with E-state index in [-0.39, 0.29) is 40.1 Å². The number of aromatic nitrogens is 4. The summed E-state index contributed by atoms with van der Waals surface area (Å²) in [5.41, 5.74) is 12.9. The van der Waals surface area contributed by atoms with E-state index in [2.05, 4.69) is 36.7 Å². The van der Waals surface area contributed by atoms with Gasteiger partial charge < -0.3 is 21.7 Å². The third-order valence-electron chi connectivity index (χ3n) is 6.85. The maximum Gasteiger partial charge on any atom is 0.418 e. The van der Waals surface area contributed by atoms with E-state index in [0.717, 1.165) is 50.5 Å². The number of halogens is 3. The smallest absolute Gasteiger partial charge is 0.382 e. The number of alkyl halides is 3. The summed E-state index contributed by atoms with van der Waals surface area (Å²) in [5, 5.41) is 3.15. The molecule has 3 aromatic heterocycles. The molecule has 8 nitrogen and oxygen atoms in total. The number of nitrogens with two attached hydrogens (primary N) is 2. The molecule has 11 heteroatoms. The Morgan fingerprint density at radius 3 is 2.54 bits per heavy atom. The maximum absolute atomic E-state index is 13.8. The fourth-order valence-electron chi connectivity index (χ4n) is 4.45. The number of pyridine rings is 2. The molecule has 0 bridgehead atoms. The molecule has 2 fully saturated rings. The van der Waals surface area contributed by atoms with Gasteiger partial charge in [-0.2, -0.15) is 13.2 Å². The molecule has 1 aliphatic heterocycles. The van der Waals surface area contributed by atoms with Crippen LogP contribution in [-0.2, 0) is 6.18 Å². The normalized spacial score (nSPS) is 17.5. The minimum Gasteiger partial charge on any atom is -0.382 e. The van der Waals surface area contributed by atoms with Gasteiger partial charge in [-0.15, -0.1) is 0 Å². The number of anilines is 3. The average Bonchev–Trinajstić information content (AvgIpc) is 3.70. The van der Waals surface area contributed by atoms with Gasteiger partial charge in [0.1, 0.15) is 17.1 Å². The van der Waals surface area contributed by atoms with Crippen LogP contribution in [0.25, 0.3) is 17.1 Å². The zero-order valence-electron chi connectivity index (χ0n) is 20.5. The SMILES string of the molecule is C=C(Nc1ncccc1N1CCC(C)(N)CC1)c1nc(-c2nc(C3CC3)ccc2C(F)(F)F)cnc1N. The lowest BCUT2D eigenvalue weighted by Crippen LogP contribution is -2.48. The maximum atomic E-state index is 13.8. The van der Waals surface area contributed by atoms with E-state index in [9.17, 15) is 13.2 Å². The molecule has 1 saturated heterocycles. The van der Waals surface area contributed by atoms with Crippen LogP contribution in [-0.4, -0.2) is 38.6 Å². The molecule has 5 rings (SSSR count). The van der Waals surface area contributed by atoms with Gasteiger partial charge in [0.15, 0.2) is 11.6 Å². The van der Waals surface area contributed by atoms with E-state index < -0.39 is 11.7 Å². The van der Waals surface area contributed by atoms with Gasteiger partial charge in [0.25, 0.3) is 0 Å². The van der Waals surface area contributed by atoms with Gasteiger partial charge in [-0.1, -0.05) is 6.58 Å². The first-order chi connectivity index (χ1) is 17.5. The minimum atomic E-state index is -4.60. The lowest BCUT2D eigenvalue weighted by atomic mass is 9.91. The number of rotatable bonds is 6. The van der Waals surface area contributed by atoms with Gasteiger partial charge in [-0.05, 0) is 56.9 Å². The van der Waals surface area contributed by atoms with Crippen LogP contribution in [0.15, 0.2) is 43.2 Å². The van der Waals surface area contributed by atoms with Crippen molar-refractivity contribution < 1.29 is 13.2 Å². The van der Waals surface area contributed by atoms with Crippen molar-refractivity contribution in [2.24, 2.45) is 5.73 Å². The summed E-state index contributed by atoms with van der Waals surface area (Å²) in [5.74, 6) is 0.737. The highest BCUT2D eigenvalue weighted by Gasteiger charge is 2.37. The topological polar surface area (TPSA) is 119 Å². The summed E-state index contributed by atoms with van der Waals surface area (Å²) in [6.45, 7) is 7.61. The van der Waals surface area contributed by atoms with Crippen molar-refractivity contribution in [1.29, 1.82) is 0 Å². The highest BCUT2D eigenvalue weighted by atomic mass is 19.4. The van der Waals surface area contributed by atoms with E-state index >= 15 is 0 Å². The number of nitrogens with one attached hydrogen (secondary N) is 1. The summed E-state index contributed by atoms with van der Waals surface area (Å²) >= 11 is 0. The number of nitrogen functional groups attached to an aromatic ring is 1. The first kappa shape index (κ1) is 24.9. The van der Waals surface area contributed by atoms with Crippen molar-refractivity contribution in [3.05, 3.63) is 60.2 Å². The molecule has 0 atom stereocenters. The Balaban J connectivity index is 1.46. The zero-order valence-corrected chi connectivity index (χ0v) is 20.5. The second-order valence-electron chi connectivity index (χ2n) is 10.0. The Labute approximate surface area is 213 Å². The summed E-state index contributed by atoms with van der Waals surface area (Å²) < 4.78 is 41.4. The Bertz CT molecular complexity index is 1320. The van der Waals surface area contributed by atoms with E-state index in [1.807, 2.05) is 19.1 Å². The average molecular weight is 511 g/mol. The molecule has 3 aromatic rings. The summed E-state index contributed by atoms with van der Waals surface area (Å²) in [7, 11) is 0. The lowest BCUT2D eigenvalue weighted by Gasteiger charge is -2.38. The molecule has 0 aromatic carbocycles. The summed E-state index contributed by atoms with van der Waals surface area (Å²) in [4.78, 5) is 19.5. The Morgan fingerprint density at radius 1 is 1.14 bits per heavy atom. The molecule has 0 spiro atoms. The predicted octanol–water partition coefficient (Wildman–Crippen LogP) is 4.81. The van der Waals surface area contributed by atoms with Crippen LogP contribution in [0.5, 0.6) is 0 Å². The van der Waals surface area contributed by atoms with Crippen LogP contribution in [0.2, 0.25) is 0 Å². The van der Waals surface area contributed by atoms with Gasteiger partial charge >= 0.3 is 6.18 Å². The van der Waals surface area contributed by atoms with E-state index in [1.54, 1.807) is 6.20 Å². The Hall–Kier alpha value is -3.73. The van der Waals surface area contributed by atoms with Crippen molar-refractivity contribution in [3.63, 3.8) is 0 Å². The molecule has 1 aliphatic carbocycles. The van der Waals surface area contributed by atoms with Crippen LogP contribution in [0.4, 0.5) is 30.5 Å². The second-order valence-corrected chi connectivity index (χ2v) is 10.0.